The lowest BCUT2D eigenvalue weighted by atomic mass is 9.66. The van der Waals surface area contributed by atoms with E-state index in [1.54, 1.807) is 61.5 Å². The van der Waals surface area contributed by atoms with Gasteiger partial charge in [-0.3, -0.25) is 0 Å². The molecule has 6 atom stereocenters. The number of aromatic amines is 1. The van der Waals surface area contributed by atoms with Gasteiger partial charge in [-0.05, 0) is 168 Å². The van der Waals surface area contributed by atoms with Gasteiger partial charge in [0.05, 0.1) is 115 Å². The van der Waals surface area contributed by atoms with Crippen LogP contribution in [-0.4, -0.2) is 110 Å². The van der Waals surface area contributed by atoms with Crippen LogP contribution in [0.15, 0.2) is 147 Å². The summed E-state index contributed by atoms with van der Waals surface area (Å²) in [5.74, 6) is -1.31. The van der Waals surface area contributed by atoms with Crippen LogP contribution in [0.1, 0.15) is 149 Å². The van der Waals surface area contributed by atoms with Crippen molar-refractivity contribution >= 4 is 21.6 Å². The lowest BCUT2D eigenvalue weighted by molar-refractivity contribution is 0.242. The molecule has 6 aliphatic rings. The maximum Gasteiger partial charge on any atom is 0.179 e. The predicted octanol–water partition coefficient (Wildman–Crippen LogP) is 14.7. The zero-order valence-electron chi connectivity index (χ0n) is 57.7. The first kappa shape index (κ1) is 68.1. The molecule has 20 nitrogen and oxygen atoms in total. The summed E-state index contributed by atoms with van der Waals surface area (Å²) in [6, 6.07) is 22.6. The molecule has 1 N–H and O–H groups in total. The lowest BCUT2D eigenvalue weighted by Gasteiger charge is -2.37. The van der Waals surface area contributed by atoms with E-state index in [0.29, 0.717) is 23.2 Å². The molecule has 0 amide bonds. The molecule has 0 aliphatic heterocycles. The molecule has 18 rings (SSSR count). The van der Waals surface area contributed by atoms with Crippen LogP contribution in [0, 0.1) is 51.1 Å². The largest absolute Gasteiger partial charge is 0.342 e. The molecule has 3 aromatic carbocycles. The minimum Gasteiger partial charge on any atom is -0.342 e. The van der Waals surface area contributed by atoms with E-state index in [2.05, 4.69) is 107 Å². The van der Waals surface area contributed by atoms with Gasteiger partial charge in [-0.2, -0.15) is 15.3 Å². The van der Waals surface area contributed by atoms with Crippen LogP contribution in [0.3, 0.4) is 0 Å². The van der Waals surface area contributed by atoms with Gasteiger partial charge < -0.3 is 14.1 Å². The Labute approximate surface area is 598 Å². The molecule has 12 aromatic rings. The molecule has 6 bridgehead atoms. The Morgan fingerprint density at radius 3 is 1.19 bits per heavy atom. The van der Waals surface area contributed by atoms with Gasteiger partial charge >= 0.3 is 0 Å². The van der Waals surface area contributed by atoms with Crippen molar-refractivity contribution in [3.05, 3.63) is 233 Å². The van der Waals surface area contributed by atoms with Gasteiger partial charge in [0.1, 0.15) is 57.9 Å². The van der Waals surface area contributed by atoms with Crippen LogP contribution in [0.25, 0.3) is 68.3 Å². The first-order chi connectivity index (χ1) is 49.8. The summed E-state index contributed by atoms with van der Waals surface area (Å²) in [5, 5.41) is 26.6. The molecule has 0 radical (unpaired) electrons. The summed E-state index contributed by atoms with van der Waals surface area (Å²) >= 11 is 1.71. The number of halogens is 6. The molecule has 0 spiro atoms. The fourth-order valence-electron chi connectivity index (χ4n) is 18.3. The molecule has 104 heavy (non-hydrogen) atoms. The second kappa shape index (κ2) is 24.9. The smallest absolute Gasteiger partial charge is 0.179 e. The van der Waals surface area contributed by atoms with E-state index in [1.807, 2.05) is 47.4 Å². The first-order valence-electron chi connectivity index (χ1n) is 34.0. The number of H-pyrrole nitrogens is 1. The molecule has 528 valence electrons. The van der Waals surface area contributed by atoms with Crippen molar-refractivity contribution in [3.8, 4) is 68.3 Å². The molecular weight excluding hydrogens is 1380 g/mol. The van der Waals surface area contributed by atoms with E-state index < -0.39 is 61.0 Å². The fraction of sp³-hybridized carbons (Fsp3) is 0.329. The van der Waals surface area contributed by atoms with E-state index in [1.165, 1.54) is 65.5 Å². The highest BCUT2D eigenvalue weighted by Crippen LogP contribution is 2.72. The van der Waals surface area contributed by atoms with Crippen molar-refractivity contribution in [2.24, 2.45) is 16.2 Å². The maximum atomic E-state index is 14.5. The summed E-state index contributed by atoms with van der Waals surface area (Å²) in [5.41, 5.74) is 7.80. The van der Waals surface area contributed by atoms with Crippen molar-refractivity contribution in [1.82, 2.24) is 89.6 Å². The number of rotatable bonds is 13. The summed E-state index contributed by atoms with van der Waals surface area (Å²) < 4.78 is 114. The van der Waals surface area contributed by atoms with Gasteiger partial charge in [0.25, 0.3) is 0 Å². The van der Waals surface area contributed by atoms with Gasteiger partial charge in [-0.25, -0.2) is 79.6 Å². The summed E-state index contributed by atoms with van der Waals surface area (Å²) in [4.78, 5) is 44.0. The van der Waals surface area contributed by atoms with Crippen LogP contribution < -0.4 is 0 Å². The molecule has 9 aromatic heterocycles. The number of fused-ring (bicyclic) bond motifs is 15. The molecule has 28 heteroatoms. The van der Waals surface area contributed by atoms with E-state index >= 15 is 0 Å². The summed E-state index contributed by atoms with van der Waals surface area (Å²) in [7, 11) is -3.23. The number of hydrogen-bond donors (Lipinski definition) is 1. The third kappa shape index (κ3) is 10.4. The summed E-state index contributed by atoms with van der Waals surface area (Å²) in [6.07, 6.45) is 23.8. The first-order valence-corrected chi connectivity index (χ1v) is 37.4. The van der Waals surface area contributed by atoms with Crippen LogP contribution in [0.4, 0.5) is 26.3 Å². The average Bonchev–Trinajstić information content (AvgIpc) is 1.53. The van der Waals surface area contributed by atoms with Crippen LogP contribution >= 0.6 is 11.8 Å². The van der Waals surface area contributed by atoms with E-state index in [4.69, 9.17) is 15.0 Å². The predicted molar refractivity (Wildman–Crippen MR) is 376 cm³/mol. The van der Waals surface area contributed by atoms with E-state index in [-0.39, 0.29) is 73.6 Å². The van der Waals surface area contributed by atoms with Gasteiger partial charge in [0, 0.05) is 37.2 Å². The van der Waals surface area contributed by atoms with Gasteiger partial charge in [0.2, 0.25) is 0 Å². The van der Waals surface area contributed by atoms with Crippen molar-refractivity contribution in [3.63, 3.8) is 0 Å². The zero-order valence-corrected chi connectivity index (χ0v) is 59.4. The highest BCUT2D eigenvalue weighted by Gasteiger charge is 2.68. The van der Waals surface area contributed by atoms with Crippen molar-refractivity contribution in [2.45, 2.75) is 126 Å². The number of sulfone groups is 1. The van der Waals surface area contributed by atoms with Crippen molar-refractivity contribution in [2.75, 3.05) is 12.5 Å². The Morgan fingerprint density at radius 2 is 0.837 bits per heavy atom. The molecule has 0 saturated heterocycles. The van der Waals surface area contributed by atoms with Crippen molar-refractivity contribution in [1.29, 1.82) is 0 Å². The molecule has 6 aliphatic carbocycles. The number of aromatic nitrogens is 18. The van der Waals surface area contributed by atoms with Gasteiger partial charge in [0.15, 0.2) is 27.3 Å². The quantitative estimate of drug-likeness (QED) is 0.105. The third-order valence-corrected chi connectivity index (χ3v) is 24.5. The highest BCUT2D eigenvalue weighted by atomic mass is 32.2. The molecule has 3 fully saturated rings. The normalized spacial score (nSPS) is 22.2. The number of nitrogens with zero attached hydrogens (tertiary/aromatic N) is 17. The standard InChI is InChI=1S/C26H24F2N6O2S.C26H24F2N6S.C24H20F2N6/c1-25(2)16-7-9-26(25,23-15(16)11-19(32-33-23)22-17(27)5-4-6-18(22)28)21-8-10-29-24(31-21)20-12-34(13-30-20)14-37(3,35)36;1-25(2)16-7-9-26(25,21-8-10-29-24(31-21)20-12-34(13-30-20)14-35-3)23-15(16)11-19(32-33-23)22-17(27)5-4-6-18(22)28;1-23(2)14-6-8-24(23,19-7-9-28-22(30-19)18-11-27-12-29-18)21-13(14)10-17(31-32-21)20-15(25)4-3-5-16(20)26/h4-6,8,10-13,16H,7,9,14H2,1-3H3;4-6,8,10-13,16H,7,9,14H2,1-3H3;3-5,7,9-12,14H,6,8H2,1-2H3,(H,27,29)/t2*16-,26-;14-,24-/m000/s1. The Kier molecular flexibility index (Phi) is 16.3. The Hall–Kier alpha value is -10.4. The zero-order chi connectivity index (χ0) is 72.6. The van der Waals surface area contributed by atoms with Crippen LogP contribution in [0.2, 0.25) is 0 Å². The number of benzene rings is 3. The second-order valence-corrected chi connectivity index (χ2v) is 32.3. The number of imidazole rings is 3. The van der Waals surface area contributed by atoms with Gasteiger partial charge in [-0.1, -0.05) is 59.7 Å². The molecule has 9 heterocycles. The Morgan fingerprint density at radius 1 is 0.481 bits per heavy atom. The molecule has 0 unspecified atom stereocenters. The van der Waals surface area contributed by atoms with Crippen molar-refractivity contribution < 1.29 is 34.8 Å². The van der Waals surface area contributed by atoms with Crippen LogP contribution in [0.5, 0.6) is 0 Å². The third-order valence-electron chi connectivity index (χ3n) is 23.2. The molecule has 3 saturated carbocycles. The minimum absolute atomic E-state index is 0.110. The highest BCUT2D eigenvalue weighted by molar-refractivity contribution is 7.97. The second-order valence-electron chi connectivity index (χ2n) is 29.3. The van der Waals surface area contributed by atoms with E-state index in [9.17, 15) is 34.8 Å². The number of nitrogens with one attached hydrogen (secondary N) is 1. The van der Waals surface area contributed by atoms with Gasteiger partial charge in [-0.15, -0.1) is 27.1 Å². The topological polar surface area (TPSA) is 253 Å². The maximum absolute atomic E-state index is 14.5. The number of thioether (sulfide) groups is 1. The van der Waals surface area contributed by atoms with Crippen LogP contribution in [-0.2, 0) is 37.8 Å². The Balaban J connectivity index is 0.000000120. The summed E-state index contributed by atoms with van der Waals surface area (Å²) in [6.45, 7) is 13.2. The number of hydrogen-bond acceptors (Lipinski definition) is 18. The minimum atomic E-state index is -3.23. The SMILES string of the molecule is CC1(C)[C@H]2CC[C@]1(c1ccnc(-c3cn(CS(C)(=O)=O)cn3)n1)c1nnc(-c3c(F)cccc3F)cc12.CC1(C)[C@H]2CC[C@]1(c1ccnc(-c3cnc[nH]3)n1)c1nnc(-c3c(F)cccc3F)cc12.CSCn1cnc(-c2nccc([C@@]34CC[C@@H](c5cc(-c6c(F)cccc6F)nnc53)C4(C)C)n2)c1. The lowest BCUT2D eigenvalue weighted by Crippen LogP contribution is -2.38. The molecular formula is C76H68F6N18O2S2. The fourth-order valence-corrected chi connectivity index (χ4v) is 19.4. The van der Waals surface area contributed by atoms with E-state index in [0.717, 1.165) is 113 Å². The average molecular weight is 1440 g/mol. The Bertz CT molecular complexity index is 5480. The monoisotopic (exact) mass is 1440 g/mol.